The van der Waals surface area contributed by atoms with Gasteiger partial charge in [0, 0.05) is 12.2 Å². The van der Waals surface area contributed by atoms with Crippen LogP contribution in [0.2, 0.25) is 0 Å². The molecule has 0 bridgehead atoms. The van der Waals surface area contributed by atoms with E-state index in [0.29, 0.717) is 11.2 Å². The van der Waals surface area contributed by atoms with Gasteiger partial charge in [-0.2, -0.15) is 0 Å². The molecule has 142 valence electrons. The normalized spacial score (nSPS) is 27.9. The van der Waals surface area contributed by atoms with Gasteiger partial charge >= 0.3 is 0 Å². The molecule has 1 fully saturated rings. The molecular formula is C15H16N6O6. The second-order valence-corrected chi connectivity index (χ2v) is 6.05. The van der Waals surface area contributed by atoms with E-state index in [2.05, 4.69) is 20.3 Å². The van der Waals surface area contributed by atoms with Crippen LogP contribution in [-0.4, -0.2) is 83.1 Å². The van der Waals surface area contributed by atoms with Crippen LogP contribution < -0.4 is 5.32 Å². The minimum atomic E-state index is -1.28. The fourth-order valence-corrected chi connectivity index (χ4v) is 3.02. The number of aliphatic hydroxyl groups excluding tert-OH is 3. The van der Waals surface area contributed by atoms with Gasteiger partial charge in [0.15, 0.2) is 23.2 Å². The molecule has 0 spiro atoms. The predicted molar refractivity (Wildman–Crippen MR) is 87.8 cm³/mol. The van der Waals surface area contributed by atoms with E-state index in [1.165, 1.54) is 29.4 Å². The first kappa shape index (κ1) is 17.5. The van der Waals surface area contributed by atoms with Gasteiger partial charge in [-0.3, -0.25) is 19.1 Å². The van der Waals surface area contributed by atoms with E-state index < -0.39 is 43.0 Å². The number of fused-ring (bicyclic) bond motifs is 1. The monoisotopic (exact) mass is 376 g/mol. The average Bonchev–Trinajstić information content (AvgIpc) is 3.31. The minimum absolute atomic E-state index is 0.0997. The molecule has 12 nitrogen and oxygen atoms in total. The quantitative estimate of drug-likeness (QED) is 0.419. The number of aliphatic hydroxyl groups is 3. The van der Waals surface area contributed by atoms with E-state index in [9.17, 15) is 24.9 Å². The minimum Gasteiger partial charge on any atom is -0.394 e. The number of aromatic nitrogens is 4. The number of imide groups is 1. The van der Waals surface area contributed by atoms with Crippen LogP contribution in [0.1, 0.15) is 6.23 Å². The zero-order valence-corrected chi connectivity index (χ0v) is 13.8. The van der Waals surface area contributed by atoms with Crippen LogP contribution in [0.15, 0.2) is 24.8 Å². The van der Waals surface area contributed by atoms with E-state index >= 15 is 0 Å². The molecule has 2 unspecified atom stereocenters. The van der Waals surface area contributed by atoms with Crippen LogP contribution in [0, 0.1) is 0 Å². The summed E-state index contributed by atoms with van der Waals surface area (Å²) in [4.78, 5) is 36.6. The van der Waals surface area contributed by atoms with E-state index in [4.69, 9.17) is 4.74 Å². The second-order valence-electron chi connectivity index (χ2n) is 6.05. The molecule has 2 aromatic rings. The zero-order valence-electron chi connectivity index (χ0n) is 13.8. The Morgan fingerprint density at radius 3 is 2.52 bits per heavy atom. The van der Waals surface area contributed by atoms with Crippen LogP contribution >= 0.6 is 0 Å². The first-order valence-electron chi connectivity index (χ1n) is 8.08. The smallest absolute Gasteiger partial charge is 0.255 e. The molecular weight excluding hydrogens is 360 g/mol. The van der Waals surface area contributed by atoms with Crippen molar-refractivity contribution in [2.45, 2.75) is 24.5 Å². The standard InChI is InChI=1S/C15H16N6O6/c22-3-7-11(25)12(26)15(27-7)21-5-18-10-13(16-4-17-14(10)21)19-6-20-8(23)1-2-9(20)24/h1-2,4-5,7,11-12,15,22,25-26H,3,6H2,(H,16,17,19)/t7-,11?,12?,15-/m1/s1. The Labute approximate surface area is 151 Å². The first-order chi connectivity index (χ1) is 13.0. The number of anilines is 1. The highest BCUT2D eigenvalue weighted by atomic mass is 16.6. The Kier molecular flexibility index (Phi) is 4.31. The van der Waals surface area contributed by atoms with Crippen molar-refractivity contribution < 1.29 is 29.6 Å². The number of hydrogen-bond donors (Lipinski definition) is 4. The summed E-state index contributed by atoms with van der Waals surface area (Å²) in [6.07, 6.45) is 0.506. The van der Waals surface area contributed by atoms with E-state index in [1.807, 2.05) is 0 Å². The number of nitrogens with zero attached hydrogens (tertiary/aromatic N) is 5. The van der Waals surface area contributed by atoms with Crippen molar-refractivity contribution in [2.24, 2.45) is 0 Å². The molecule has 4 heterocycles. The summed E-state index contributed by atoms with van der Waals surface area (Å²) in [7, 11) is 0. The lowest BCUT2D eigenvalue weighted by Gasteiger charge is -2.17. The number of carbonyl (C=O) groups is 2. The van der Waals surface area contributed by atoms with Crippen LogP contribution in [0.4, 0.5) is 5.82 Å². The molecule has 2 aliphatic heterocycles. The summed E-state index contributed by atoms with van der Waals surface area (Å²) >= 11 is 0. The zero-order chi connectivity index (χ0) is 19.1. The van der Waals surface area contributed by atoms with Gasteiger partial charge in [-0.1, -0.05) is 0 Å². The molecule has 27 heavy (non-hydrogen) atoms. The van der Waals surface area contributed by atoms with Gasteiger partial charge in [0.05, 0.1) is 19.6 Å². The Morgan fingerprint density at radius 2 is 1.85 bits per heavy atom. The molecule has 2 aliphatic rings. The summed E-state index contributed by atoms with van der Waals surface area (Å²) in [5.41, 5.74) is 0.627. The lowest BCUT2D eigenvalue weighted by molar-refractivity contribution is -0.136. The summed E-state index contributed by atoms with van der Waals surface area (Å²) in [6, 6.07) is 0. The van der Waals surface area contributed by atoms with E-state index in [-0.39, 0.29) is 12.5 Å². The Balaban J connectivity index is 1.59. The molecule has 2 amide bonds. The molecule has 4 atom stereocenters. The van der Waals surface area contributed by atoms with Gasteiger partial charge in [0.2, 0.25) is 0 Å². The highest BCUT2D eigenvalue weighted by Crippen LogP contribution is 2.32. The maximum Gasteiger partial charge on any atom is 0.255 e. The van der Waals surface area contributed by atoms with Gasteiger partial charge in [0.1, 0.15) is 24.6 Å². The van der Waals surface area contributed by atoms with Crippen LogP contribution in [0.25, 0.3) is 11.2 Å². The molecule has 2 aromatic heterocycles. The highest BCUT2D eigenvalue weighted by Gasteiger charge is 2.44. The van der Waals surface area contributed by atoms with Crippen molar-refractivity contribution in [3.63, 3.8) is 0 Å². The third-order valence-electron chi connectivity index (χ3n) is 4.46. The summed E-state index contributed by atoms with van der Waals surface area (Å²) in [5, 5.41) is 32.2. The number of hydrogen-bond acceptors (Lipinski definition) is 10. The van der Waals surface area contributed by atoms with Gasteiger partial charge in [-0.15, -0.1) is 0 Å². The van der Waals surface area contributed by atoms with Gasteiger partial charge in [0.25, 0.3) is 11.8 Å². The molecule has 4 rings (SSSR count). The summed E-state index contributed by atoms with van der Waals surface area (Å²) in [6.45, 7) is -0.549. The molecule has 4 N–H and O–H groups in total. The number of ether oxygens (including phenoxy) is 1. The Morgan fingerprint density at radius 1 is 1.11 bits per heavy atom. The number of nitrogens with one attached hydrogen (secondary N) is 1. The van der Waals surface area contributed by atoms with Crippen molar-refractivity contribution >= 4 is 28.8 Å². The van der Waals surface area contributed by atoms with E-state index in [0.717, 1.165) is 4.90 Å². The first-order valence-corrected chi connectivity index (χ1v) is 8.08. The van der Waals surface area contributed by atoms with Gasteiger partial charge in [-0.25, -0.2) is 15.0 Å². The molecule has 12 heteroatoms. The third-order valence-corrected chi connectivity index (χ3v) is 4.46. The van der Waals surface area contributed by atoms with Crippen molar-refractivity contribution in [3.8, 4) is 0 Å². The van der Waals surface area contributed by atoms with Crippen molar-refractivity contribution in [1.82, 2.24) is 24.4 Å². The largest absolute Gasteiger partial charge is 0.394 e. The Bertz CT molecular complexity index is 911. The fraction of sp³-hybridized carbons (Fsp3) is 0.400. The predicted octanol–water partition coefficient (Wildman–Crippen LogP) is -2.27. The topological polar surface area (TPSA) is 163 Å². The number of rotatable bonds is 5. The molecule has 1 saturated heterocycles. The van der Waals surface area contributed by atoms with Crippen LogP contribution in [0.5, 0.6) is 0 Å². The van der Waals surface area contributed by atoms with Crippen molar-refractivity contribution in [3.05, 3.63) is 24.8 Å². The molecule has 0 aliphatic carbocycles. The molecule has 0 saturated carbocycles. The Hall–Kier alpha value is -2.93. The lowest BCUT2D eigenvalue weighted by atomic mass is 10.1. The third kappa shape index (κ3) is 2.84. The SMILES string of the molecule is O=C1C=CC(=O)N1CNc1ncnc2c1ncn2[C@@H]1O[C@H](CO)C(O)C1O. The average molecular weight is 376 g/mol. The van der Waals surface area contributed by atoms with Crippen LogP contribution in [-0.2, 0) is 14.3 Å². The number of imidazole rings is 1. The second kappa shape index (κ2) is 6.66. The fourth-order valence-electron chi connectivity index (χ4n) is 3.02. The van der Waals surface area contributed by atoms with Crippen molar-refractivity contribution in [2.75, 3.05) is 18.6 Å². The summed E-state index contributed by atoms with van der Waals surface area (Å²) < 4.78 is 6.90. The maximum atomic E-state index is 11.6. The molecule has 0 radical (unpaired) electrons. The van der Waals surface area contributed by atoms with Gasteiger partial charge in [-0.05, 0) is 0 Å². The number of carbonyl (C=O) groups excluding carboxylic acids is 2. The molecule has 0 aromatic carbocycles. The summed E-state index contributed by atoms with van der Waals surface area (Å²) in [5.74, 6) is -0.595. The maximum absolute atomic E-state index is 11.6. The lowest BCUT2D eigenvalue weighted by Crippen LogP contribution is -2.34. The van der Waals surface area contributed by atoms with Crippen molar-refractivity contribution in [1.29, 1.82) is 0 Å². The highest BCUT2D eigenvalue weighted by molar-refractivity contribution is 6.13. The van der Waals surface area contributed by atoms with Gasteiger partial charge < -0.3 is 25.4 Å². The number of amides is 2. The van der Waals surface area contributed by atoms with Crippen LogP contribution in [0.3, 0.4) is 0 Å². The van der Waals surface area contributed by atoms with E-state index in [1.54, 1.807) is 0 Å².